The average molecular weight is 201 g/mol. The van der Waals surface area contributed by atoms with E-state index < -0.39 is 0 Å². The summed E-state index contributed by atoms with van der Waals surface area (Å²) < 4.78 is 0. The molecule has 0 spiro atoms. The van der Waals surface area contributed by atoms with E-state index in [4.69, 9.17) is 6.42 Å². The largest absolute Gasteiger partial charge is 0.300 e. The summed E-state index contributed by atoms with van der Waals surface area (Å²) in [7, 11) is 0. The summed E-state index contributed by atoms with van der Waals surface area (Å²) in [5.74, 6) is 3.33. The lowest BCUT2D eigenvalue weighted by Crippen LogP contribution is -2.19. The van der Waals surface area contributed by atoms with Crippen LogP contribution < -0.4 is 5.32 Å². The zero-order valence-corrected chi connectivity index (χ0v) is 9.75. The standard InChI is InChI=1S/C14H19N/c1-5-14(15-6-2)13-9-7-12(8-10-13)11(3)4/h1,7-11,14-15H,6H2,2-4H3. The molecule has 0 saturated carbocycles. The van der Waals surface area contributed by atoms with Gasteiger partial charge in [-0.2, -0.15) is 0 Å². The zero-order valence-electron chi connectivity index (χ0n) is 9.75. The minimum Gasteiger partial charge on any atom is -0.300 e. The molecule has 0 bridgehead atoms. The fourth-order valence-corrected chi connectivity index (χ4v) is 1.55. The van der Waals surface area contributed by atoms with Gasteiger partial charge in [0, 0.05) is 0 Å². The molecule has 80 valence electrons. The van der Waals surface area contributed by atoms with E-state index in [2.05, 4.69) is 56.3 Å². The van der Waals surface area contributed by atoms with Gasteiger partial charge in [-0.1, -0.05) is 51.0 Å². The van der Waals surface area contributed by atoms with Crippen LogP contribution in [0.4, 0.5) is 0 Å². The second kappa shape index (κ2) is 5.58. The zero-order chi connectivity index (χ0) is 11.3. The van der Waals surface area contributed by atoms with Crippen LogP contribution in [0.15, 0.2) is 24.3 Å². The van der Waals surface area contributed by atoms with Crippen LogP contribution in [0.25, 0.3) is 0 Å². The topological polar surface area (TPSA) is 12.0 Å². The third kappa shape index (κ3) is 3.11. The van der Waals surface area contributed by atoms with Gasteiger partial charge in [-0.3, -0.25) is 0 Å². The Labute approximate surface area is 92.9 Å². The minimum absolute atomic E-state index is 0.0382. The predicted molar refractivity (Wildman–Crippen MR) is 65.8 cm³/mol. The predicted octanol–water partition coefficient (Wildman–Crippen LogP) is 3.09. The van der Waals surface area contributed by atoms with Crippen molar-refractivity contribution >= 4 is 0 Å². The molecule has 15 heavy (non-hydrogen) atoms. The molecule has 0 heterocycles. The molecule has 0 radical (unpaired) electrons. The van der Waals surface area contributed by atoms with Gasteiger partial charge < -0.3 is 5.32 Å². The van der Waals surface area contributed by atoms with Gasteiger partial charge in [-0.05, 0) is 23.6 Å². The third-order valence-corrected chi connectivity index (χ3v) is 2.51. The van der Waals surface area contributed by atoms with E-state index in [9.17, 15) is 0 Å². The van der Waals surface area contributed by atoms with Crippen LogP contribution in [-0.2, 0) is 0 Å². The molecule has 1 heteroatoms. The normalized spacial score (nSPS) is 12.5. The molecule has 0 aromatic heterocycles. The Morgan fingerprint density at radius 2 is 1.73 bits per heavy atom. The van der Waals surface area contributed by atoms with Crippen molar-refractivity contribution in [3.8, 4) is 12.3 Å². The van der Waals surface area contributed by atoms with Crippen LogP contribution in [0.5, 0.6) is 0 Å². The van der Waals surface area contributed by atoms with E-state index in [0.717, 1.165) is 6.54 Å². The van der Waals surface area contributed by atoms with Crippen LogP contribution in [0.1, 0.15) is 43.9 Å². The number of benzene rings is 1. The van der Waals surface area contributed by atoms with Crippen molar-refractivity contribution in [2.75, 3.05) is 6.54 Å². The molecule has 0 aliphatic carbocycles. The van der Waals surface area contributed by atoms with Gasteiger partial charge in [0.15, 0.2) is 0 Å². The van der Waals surface area contributed by atoms with Crippen molar-refractivity contribution in [3.63, 3.8) is 0 Å². The van der Waals surface area contributed by atoms with Crippen molar-refractivity contribution < 1.29 is 0 Å². The van der Waals surface area contributed by atoms with Gasteiger partial charge in [0.1, 0.15) is 0 Å². The molecular formula is C14H19N. The van der Waals surface area contributed by atoms with Gasteiger partial charge in [-0.15, -0.1) is 6.42 Å². The number of hydrogen-bond acceptors (Lipinski definition) is 1. The van der Waals surface area contributed by atoms with Crippen LogP contribution in [0, 0.1) is 12.3 Å². The van der Waals surface area contributed by atoms with E-state index in [1.807, 2.05) is 0 Å². The van der Waals surface area contributed by atoms with Crippen molar-refractivity contribution in [2.24, 2.45) is 0 Å². The van der Waals surface area contributed by atoms with E-state index in [1.54, 1.807) is 0 Å². The molecule has 1 unspecified atom stereocenters. The molecule has 0 amide bonds. The maximum absolute atomic E-state index is 5.48. The van der Waals surface area contributed by atoms with Gasteiger partial charge >= 0.3 is 0 Å². The molecule has 1 aromatic carbocycles. The summed E-state index contributed by atoms with van der Waals surface area (Å²) in [4.78, 5) is 0. The van der Waals surface area contributed by atoms with Crippen molar-refractivity contribution in [3.05, 3.63) is 35.4 Å². The first-order chi connectivity index (χ1) is 7.19. The van der Waals surface area contributed by atoms with Crippen LogP contribution in [-0.4, -0.2) is 6.54 Å². The summed E-state index contributed by atoms with van der Waals surface area (Å²) in [5.41, 5.74) is 2.52. The first-order valence-electron chi connectivity index (χ1n) is 5.48. The summed E-state index contributed by atoms with van der Waals surface area (Å²) in [6, 6.07) is 8.57. The highest BCUT2D eigenvalue weighted by Gasteiger charge is 2.06. The fraction of sp³-hybridized carbons (Fsp3) is 0.429. The molecule has 0 fully saturated rings. The Balaban J connectivity index is 2.83. The maximum atomic E-state index is 5.48. The number of hydrogen-bond donors (Lipinski definition) is 1. The van der Waals surface area contributed by atoms with Crippen LogP contribution >= 0.6 is 0 Å². The number of rotatable bonds is 4. The lowest BCUT2D eigenvalue weighted by molar-refractivity contribution is 0.664. The summed E-state index contributed by atoms with van der Waals surface area (Å²) in [6.07, 6.45) is 5.48. The Morgan fingerprint density at radius 1 is 1.20 bits per heavy atom. The molecule has 1 aromatic rings. The second-order valence-electron chi connectivity index (χ2n) is 3.98. The molecule has 1 nitrogen and oxygen atoms in total. The minimum atomic E-state index is 0.0382. The molecule has 1 atom stereocenters. The molecule has 0 aliphatic rings. The van der Waals surface area contributed by atoms with Crippen molar-refractivity contribution in [2.45, 2.75) is 32.7 Å². The quantitative estimate of drug-likeness (QED) is 0.738. The molecule has 1 N–H and O–H groups in total. The van der Waals surface area contributed by atoms with E-state index >= 15 is 0 Å². The molecule has 0 aliphatic heterocycles. The van der Waals surface area contributed by atoms with E-state index in [0.29, 0.717) is 5.92 Å². The van der Waals surface area contributed by atoms with Crippen molar-refractivity contribution in [1.29, 1.82) is 0 Å². The fourth-order valence-electron chi connectivity index (χ4n) is 1.55. The second-order valence-corrected chi connectivity index (χ2v) is 3.98. The summed E-state index contributed by atoms with van der Waals surface area (Å²) >= 11 is 0. The number of terminal acetylenes is 1. The highest BCUT2D eigenvalue weighted by atomic mass is 14.9. The first-order valence-corrected chi connectivity index (χ1v) is 5.48. The van der Waals surface area contributed by atoms with Gasteiger partial charge in [0.05, 0.1) is 6.04 Å². The lowest BCUT2D eigenvalue weighted by atomic mass is 9.99. The SMILES string of the molecule is C#CC(NCC)c1ccc(C(C)C)cc1. The van der Waals surface area contributed by atoms with E-state index in [1.165, 1.54) is 11.1 Å². The van der Waals surface area contributed by atoms with Crippen LogP contribution in [0.3, 0.4) is 0 Å². The first kappa shape index (κ1) is 11.8. The Bertz CT molecular complexity index is 329. The van der Waals surface area contributed by atoms with Crippen molar-refractivity contribution in [1.82, 2.24) is 5.32 Å². The summed E-state index contributed by atoms with van der Waals surface area (Å²) in [5, 5.41) is 3.26. The highest BCUT2D eigenvalue weighted by Crippen LogP contribution is 2.18. The third-order valence-electron chi connectivity index (χ3n) is 2.51. The number of nitrogens with one attached hydrogen (secondary N) is 1. The Hall–Kier alpha value is -1.26. The van der Waals surface area contributed by atoms with E-state index in [-0.39, 0.29) is 6.04 Å². The highest BCUT2D eigenvalue weighted by molar-refractivity contribution is 5.30. The summed E-state index contributed by atoms with van der Waals surface area (Å²) in [6.45, 7) is 7.34. The smallest absolute Gasteiger partial charge is 0.0943 e. The van der Waals surface area contributed by atoms with Gasteiger partial charge in [0.25, 0.3) is 0 Å². The molecular weight excluding hydrogens is 182 g/mol. The Kier molecular flexibility index (Phi) is 4.39. The van der Waals surface area contributed by atoms with Gasteiger partial charge in [0.2, 0.25) is 0 Å². The average Bonchev–Trinajstić information content (AvgIpc) is 2.26. The molecule has 0 saturated heterocycles. The maximum Gasteiger partial charge on any atom is 0.0943 e. The van der Waals surface area contributed by atoms with Crippen LogP contribution in [0.2, 0.25) is 0 Å². The van der Waals surface area contributed by atoms with Gasteiger partial charge in [-0.25, -0.2) is 0 Å². The molecule has 1 rings (SSSR count). The monoisotopic (exact) mass is 201 g/mol. The Morgan fingerprint density at radius 3 is 2.13 bits per heavy atom. The lowest BCUT2D eigenvalue weighted by Gasteiger charge is -2.13.